The van der Waals surface area contributed by atoms with Crippen molar-refractivity contribution >= 4 is 11.6 Å². The van der Waals surface area contributed by atoms with Crippen molar-refractivity contribution in [2.45, 2.75) is 6.92 Å². The molecule has 0 bridgehead atoms. The third-order valence-electron chi connectivity index (χ3n) is 5.23. The number of para-hydroxylation sites is 3. The van der Waals surface area contributed by atoms with Crippen molar-refractivity contribution in [2.75, 3.05) is 38.2 Å². The zero-order valence-corrected chi connectivity index (χ0v) is 16.2. The molecular formula is C22H24N4O2. The molecule has 1 amide bonds. The van der Waals surface area contributed by atoms with Crippen LogP contribution in [0.4, 0.5) is 5.69 Å². The zero-order chi connectivity index (χ0) is 19.5. The molecule has 6 nitrogen and oxygen atoms in total. The number of nitrogens with zero attached hydrogens (tertiary/aromatic N) is 4. The summed E-state index contributed by atoms with van der Waals surface area (Å²) in [6, 6.07) is 17.9. The molecule has 1 fully saturated rings. The first kappa shape index (κ1) is 18.1. The Bertz CT molecular complexity index is 960. The largest absolute Gasteiger partial charge is 0.495 e. The number of methoxy groups -OCH3 is 1. The summed E-state index contributed by atoms with van der Waals surface area (Å²) in [5.41, 5.74) is 3.56. The lowest BCUT2D eigenvalue weighted by Crippen LogP contribution is -2.49. The van der Waals surface area contributed by atoms with E-state index in [1.165, 1.54) is 0 Å². The molecule has 0 N–H and O–H groups in total. The molecule has 0 atom stereocenters. The van der Waals surface area contributed by atoms with E-state index in [-0.39, 0.29) is 5.91 Å². The summed E-state index contributed by atoms with van der Waals surface area (Å²) in [6.45, 7) is 4.84. The molecule has 2 heterocycles. The van der Waals surface area contributed by atoms with Crippen molar-refractivity contribution in [2.24, 2.45) is 0 Å². The van der Waals surface area contributed by atoms with Gasteiger partial charge in [-0.05, 0) is 31.2 Å². The van der Waals surface area contributed by atoms with E-state index < -0.39 is 0 Å². The topological polar surface area (TPSA) is 50.6 Å². The summed E-state index contributed by atoms with van der Waals surface area (Å²) >= 11 is 0. The van der Waals surface area contributed by atoms with Crippen molar-refractivity contribution in [1.82, 2.24) is 14.7 Å². The van der Waals surface area contributed by atoms with Gasteiger partial charge in [0.15, 0.2) is 0 Å². The standard InChI is InChI=1S/C22H24N4O2/c1-17-19(16-23-26(17)18-8-4-3-5-9-18)22(27)25-14-12-24(13-15-25)20-10-6-7-11-21(20)28-2/h3-11,16H,12-15H2,1-2H3. The van der Waals surface area contributed by atoms with Crippen molar-refractivity contribution in [3.63, 3.8) is 0 Å². The molecule has 144 valence electrons. The Balaban J connectivity index is 1.47. The van der Waals surface area contributed by atoms with Gasteiger partial charge in [-0.15, -0.1) is 0 Å². The molecule has 0 radical (unpaired) electrons. The summed E-state index contributed by atoms with van der Waals surface area (Å²) in [5.74, 6) is 0.904. The minimum absolute atomic E-state index is 0.0411. The van der Waals surface area contributed by atoms with Crippen molar-refractivity contribution < 1.29 is 9.53 Å². The molecule has 0 saturated carbocycles. The van der Waals surface area contributed by atoms with E-state index in [4.69, 9.17) is 4.74 Å². The lowest BCUT2D eigenvalue weighted by molar-refractivity contribution is 0.0746. The molecular weight excluding hydrogens is 352 g/mol. The maximum Gasteiger partial charge on any atom is 0.257 e. The van der Waals surface area contributed by atoms with Crippen LogP contribution < -0.4 is 9.64 Å². The first-order chi connectivity index (χ1) is 13.7. The Hall–Kier alpha value is -3.28. The average molecular weight is 376 g/mol. The second kappa shape index (κ2) is 7.76. The summed E-state index contributed by atoms with van der Waals surface area (Å²) in [5, 5.41) is 4.43. The van der Waals surface area contributed by atoms with Gasteiger partial charge in [0.05, 0.1) is 35.9 Å². The van der Waals surface area contributed by atoms with E-state index in [0.29, 0.717) is 18.7 Å². The van der Waals surface area contributed by atoms with Gasteiger partial charge >= 0.3 is 0 Å². The van der Waals surface area contributed by atoms with E-state index in [9.17, 15) is 4.79 Å². The Labute approximate surface area is 164 Å². The lowest BCUT2D eigenvalue weighted by atomic mass is 10.2. The fraction of sp³-hybridized carbons (Fsp3) is 0.273. The summed E-state index contributed by atoms with van der Waals surface area (Å²) in [4.78, 5) is 17.2. The van der Waals surface area contributed by atoms with Gasteiger partial charge in [0, 0.05) is 26.2 Å². The minimum atomic E-state index is 0.0411. The van der Waals surface area contributed by atoms with Crippen LogP contribution in [0, 0.1) is 6.92 Å². The molecule has 4 rings (SSSR count). The van der Waals surface area contributed by atoms with Crippen LogP contribution in [-0.4, -0.2) is 53.9 Å². The third-order valence-corrected chi connectivity index (χ3v) is 5.23. The fourth-order valence-corrected chi connectivity index (χ4v) is 3.66. The predicted molar refractivity (Wildman–Crippen MR) is 109 cm³/mol. The maximum atomic E-state index is 13.1. The number of rotatable bonds is 4. The highest BCUT2D eigenvalue weighted by Crippen LogP contribution is 2.28. The molecule has 0 aliphatic carbocycles. The number of hydrogen-bond acceptors (Lipinski definition) is 4. The van der Waals surface area contributed by atoms with Gasteiger partial charge in [-0.1, -0.05) is 30.3 Å². The minimum Gasteiger partial charge on any atom is -0.495 e. The van der Waals surface area contributed by atoms with Gasteiger partial charge in [0.2, 0.25) is 0 Å². The molecule has 0 unspecified atom stereocenters. The van der Waals surface area contributed by atoms with Crippen LogP contribution in [0.2, 0.25) is 0 Å². The van der Waals surface area contributed by atoms with Gasteiger partial charge < -0.3 is 14.5 Å². The van der Waals surface area contributed by atoms with E-state index >= 15 is 0 Å². The molecule has 1 aromatic heterocycles. The Morgan fingerprint density at radius 3 is 2.36 bits per heavy atom. The van der Waals surface area contributed by atoms with Crippen LogP contribution >= 0.6 is 0 Å². The highest BCUT2D eigenvalue weighted by molar-refractivity contribution is 5.95. The van der Waals surface area contributed by atoms with E-state index in [0.717, 1.165) is 35.9 Å². The number of carbonyl (C=O) groups is 1. The summed E-state index contributed by atoms with van der Waals surface area (Å²) in [7, 11) is 1.69. The quantitative estimate of drug-likeness (QED) is 0.702. The lowest BCUT2D eigenvalue weighted by Gasteiger charge is -2.36. The average Bonchev–Trinajstić information content (AvgIpc) is 3.15. The second-order valence-electron chi connectivity index (χ2n) is 6.84. The number of aromatic nitrogens is 2. The monoisotopic (exact) mass is 376 g/mol. The van der Waals surface area contributed by atoms with Crippen LogP contribution in [0.5, 0.6) is 5.75 Å². The second-order valence-corrected chi connectivity index (χ2v) is 6.84. The van der Waals surface area contributed by atoms with Gasteiger partial charge in [-0.3, -0.25) is 4.79 Å². The summed E-state index contributed by atoms with van der Waals surface area (Å²) < 4.78 is 7.29. The summed E-state index contributed by atoms with van der Waals surface area (Å²) in [6.07, 6.45) is 1.68. The number of ether oxygens (including phenoxy) is 1. The maximum absolute atomic E-state index is 13.1. The molecule has 1 aliphatic rings. The molecule has 3 aromatic rings. The molecule has 0 spiro atoms. The Kier molecular flexibility index (Phi) is 5.02. The van der Waals surface area contributed by atoms with E-state index in [1.807, 2.05) is 65.0 Å². The number of benzene rings is 2. The normalized spacial score (nSPS) is 14.2. The van der Waals surface area contributed by atoms with Gasteiger partial charge in [-0.25, -0.2) is 4.68 Å². The molecule has 6 heteroatoms. The smallest absolute Gasteiger partial charge is 0.257 e. The first-order valence-electron chi connectivity index (χ1n) is 9.46. The highest BCUT2D eigenvalue weighted by atomic mass is 16.5. The van der Waals surface area contributed by atoms with Crippen molar-refractivity contribution in [3.05, 3.63) is 72.1 Å². The molecule has 1 saturated heterocycles. The van der Waals surface area contributed by atoms with Gasteiger partial charge in [0.1, 0.15) is 5.75 Å². The van der Waals surface area contributed by atoms with Gasteiger partial charge in [-0.2, -0.15) is 5.10 Å². The van der Waals surface area contributed by atoms with Crippen LogP contribution in [0.3, 0.4) is 0 Å². The van der Waals surface area contributed by atoms with E-state index in [1.54, 1.807) is 13.3 Å². The Morgan fingerprint density at radius 2 is 1.64 bits per heavy atom. The SMILES string of the molecule is COc1ccccc1N1CCN(C(=O)c2cnn(-c3ccccc3)c2C)CC1. The fourth-order valence-electron chi connectivity index (χ4n) is 3.66. The number of piperazine rings is 1. The number of hydrogen-bond donors (Lipinski definition) is 0. The van der Waals surface area contributed by atoms with Crippen LogP contribution in [0.1, 0.15) is 16.1 Å². The Morgan fingerprint density at radius 1 is 0.964 bits per heavy atom. The zero-order valence-electron chi connectivity index (χ0n) is 16.2. The highest BCUT2D eigenvalue weighted by Gasteiger charge is 2.26. The van der Waals surface area contributed by atoms with Crippen LogP contribution in [0.25, 0.3) is 5.69 Å². The first-order valence-corrected chi connectivity index (χ1v) is 9.46. The van der Waals surface area contributed by atoms with E-state index in [2.05, 4.69) is 16.1 Å². The van der Waals surface area contributed by atoms with Crippen molar-refractivity contribution in [1.29, 1.82) is 0 Å². The van der Waals surface area contributed by atoms with Gasteiger partial charge in [0.25, 0.3) is 5.91 Å². The number of amides is 1. The van der Waals surface area contributed by atoms with Crippen LogP contribution in [0.15, 0.2) is 60.8 Å². The number of anilines is 1. The van der Waals surface area contributed by atoms with Crippen LogP contribution in [-0.2, 0) is 0 Å². The molecule has 2 aromatic carbocycles. The predicted octanol–water partition coefficient (Wildman–Crippen LogP) is 3.15. The molecule has 28 heavy (non-hydrogen) atoms. The number of carbonyl (C=O) groups excluding carboxylic acids is 1. The molecule has 1 aliphatic heterocycles. The third kappa shape index (κ3) is 3.33. The van der Waals surface area contributed by atoms with Crippen molar-refractivity contribution in [3.8, 4) is 11.4 Å².